The van der Waals surface area contributed by atoms with E-state index >= 15 is 0 Å². The molecule has 3 aromatic rings. The van der Waals surface area contributed by atoms with Crippen molar-refractivity contribution >= 4 is 27.4 Å². The monoisotopic (exact) mass is 480 g/mol. The molecule has 14 heteroatoms. The number of piperidine rings is 1. The molecule has 0 bridgehead atoms. The summed E-state index contributed by atoms with van der Waals surface area (Å²) in [4.78, 5) is 12.4. The topological polar surface area (TPSA) is 127 Å². The lowest BCUT2D eigenvalue weighted by Crippen LogP contribution is -2.46. The molecule has 0 aromatic carbocycles. The number of nitrogens with zero attached hydrogens (tertiary/aromatic N) is 6. The van der Waals surface area contributed by atoms with Gasteiger partial charge in [-0.1, -0.05) is 0 Å². The van der Waals surface area contributed by atoms with Gasteiger partial charge in [-0.3, -0.25) is 0 Å². The number of nitrogens with one attached hydrogen (secondary N) is 2. The third-order valence-corrected chi connectivity index (χ3v) is 7.53. The van der Waals surface area contributed by atoms with E-state index in [0.717, 1.165) is 6.20 Å². The van der Waals surface area contributed by atoms with Crippen LogP contribution >= 0.6 is 0 Å². The Bertz CT molecular complexity index is 1300. The summed E-state index contributed by atoms with van der Waals surface area (Å²) in [5, 5.41) is 10.4. The maximum absolute atomic E-state index is 14.7. The van der Waals surface area contributed by atoms with Crippen molar-refractivity contribution in [2.24, 2.45) is 0 Å². The van der Waals surface area contributed by atoms with Crippen LogP contribution in [0.1, 0.15) is 12.8 Å². The highest BCUT2D eigenvalue weighted by Gasteiger charge is 2.33. The predicted molar refractivity (Wildman–Crippen MR) is 116 cm³/mol. The second-order valence-electron chi connectivity index (χ2n) is 7.84. The smallest absolute Gasteiger partial charge is 0.236 e. The number of aromatic nitrogens is 5. The number of rotatable bonds is 5. The van der Waals surface area contributed by atoms with Crippen molar-refractivity contribution in [3.8, 4) is 17.1 Å². The molecule has 2 aliphatic heterocycles. The first-order valence-corrected chi connectivity index (χ1v) is 12.1. The summed E-state index contributed by atoms with van der Waals surface area (Å²) < 4.78 is 61.7. The van der Waals surface area contributed by atoms with Crippen LogP contribution in [0.4, 0.5) is 20.5 Å². The van der Waals surface area contributed by atoms with Gasteiger partial charge in [-0.05, 0) is 19.4 Å². The van der Waals surface area contributed by atoms with Gasteiger partial charge in [0.05, 0.1) is 31.3 Å². The second-order valence-corrected chi connectivity index (χ2v) is 9.85. The molecule has 5 rings (SSSR count). The highest BCUT2D eigenvalue weighted by atomic mass is 32.2. The SMILES string of the molecule is COc1cc2ncc(-c3nc(N[C@H]4CNCC[C@@H]4F)ncc3F)n2nc1N1CCCS1(=O)=O. The molecule has 33 heavy (non-hydrogen) atoms. The molecular weight excluding hydrogens is 458 g/mol. The van der Waals surface area contributed by atoms with Crippen molar-refractivity contribution < 1.29 is 21.9 Å². The van der Waals surface area contributed by atoms with E-state index in [1.807, 2.05) is 0 Å². The number of hydrogen-bond donors (Lipinski definition) is 2. The lowest BCUT2D eigenvalue weighted by Gasteiger charge is -2.27. The Hall–Kier alpha value is -3.13. The summed E-state index contributed by atoms with van der Waals surface area (Å²) in [5.41, 5.74) is 0.397. The van der Waals surface area contributed by atoms with Gasteiger partial charge < -0.3 is 15.4 Å². The normalized spacial score (nSPS) is 22.6. The maximum atomic E-state index is 14.7. The minimum Gasteiger partial charge on any atom is -0.493 e. The minimum atomic E-state index is -3.53. The number of ether oxygens (including phenoxy) is 1. The number of fused-ring (bicyclic) bond motifs is 1. The average Bonchev–Trinajstić information content (AvgIpc) is 3.37. The third kappa shape index (κ3) is 3.93. The van der Waals surface area contributed by atoms with Gasteiger partial charge in [-0.2, -0.15) is 0 Å². The number of halogens is 2. The van der Waals surface area contributed by atoms with Crippen molar-refractivity contribution in [3.05, 3.63) is 24.3 Å². The van der Waals surface area contributed by atoms with Gasteiger partial charge in [0, 0.05) is 19.2 Å². The zero-order valence-electron chi connectivity index (χ0n) is 17.7. The van der Waals surface area contributed by atoms with E-state index < -0.39 is 28.1 Å². The minimum absolute atomic E-state index is 0.00775. The molecule has 2 fully saturated rings. The van der Waals surface area contributed by atoms with Gasteiger partial charge in [-0.25, -0.2) is 41.0 Å². The fraction of sp³-hybridized carbons (Fsp3) is 0.474. The molecule has 176 valence electrons. The van der Waals surface area contributed by atoms with Crippen LogP contribution in [0, 0.1) is 5.82 Å². The molecule has 2 atom stereocenters. The molecule has 0 aliphatic carbocycles. The summed E-state index contributed by atoms with van der Waals surface area (Å²) >= 11 is 0. The van der Waals surface area contributed by atoms with E-state index in [1.54, 1.807) is 0 Å². The molecule has 2 N–H and O–H groups in total. The molecule has 0 saturated carbocycles. The van der Waals surface area contributed by atoms with Gasteiger partial charge in [0.15, 0.2) is 17.2 Å². The Morgan fingerprint density at radius 3 is 2.88 bits per heavy atom. The lowest BCUT2D eigenvalue weighted by atomic mass is 10.1. The highest BCUT2D eigenvalue weighted by molar-refractivity contribution is 7.93. The molecule has 0 unspecified atom stereocenters. The van der Waals surface area contributed by atoms with Gasteiger partial charge in [-0.15, -0.1) is 5.10 Å². The Morgan fingerprint density at radius 2 is 2.15 bits per heavy atom. The van der Waals surface area contributed by atoms with Crippen LogP contribution in [0.25, 0.3) is 17.0 Å². The van der Waals surface area contributed by atoms with E-state index in [4.69, 9.17) is 4.74 Å². The van der Waals surface area contributed by atoms with E-state index in [0.29, 0.717) is 31.6 Å². The van der Waals surface area contributed by atoms with Crippen LogP contribution in [-0.2, 0) is 10.0 Å². The van der Waals surface area contributed by atoms with E-state index in [2.05, 4.69) is 30.7 Å². The Labute approximate surface area is 188 Å². The van der Waals surface area contributed by atoms with Gasteiger partial charge in [0.25, 0.3) is 0 Å². The van der Waals surface area contributed by atoms with Crippen LogP contribution in [-0.4, -0.2) is 77.7 Å². The molecule has 5 heterocycles. The zero-order valence-corrected chi connectivity index (χ0v) is 18.5. The summed E-state index contributed by atoms with van der Waals surface area (Å²) in [6.45, 7) is 1.24. The fourth-order valence-corrected chi connectivity index (χ4v) is 5.51. The van der Waals surface area contributed by atoms with Crippen LogP contribution < -0.4 is 19.7 Å². The molecule has 0 spiro atoms. The number of alkyl halides is 1. The zero-order chi connectivity index (χ0) is 23.2. The third-order valence-electron chi connectivity index (χ3n) is 5.69. The van der Waals surface area contributed by atoms with E-state index in [-0.39, 0.29) is 41.2 Å². The fourth-order valence-electron chi connectivity index (χ4n) is 4.00. The average molecular weight is 481 g/mol. The van der Waals surface area contributed by atoms with Crippen molar-refractivity contribution in [3.63, 3.8) is 0 Å². The van der Waals surface area contributed by atoms with E-state index in [1.165, 1.54) is 28.2 Å². The first-order chi connectivity index (χ1) is 15.9. The van der Waals surface area contributed by atoms with Crippen LogP contribution in [0.5, 0.6) is 5.75 Å². The lowest BCUT2D eigenvalue weighted by molar-refractivity contribution is 0.240. The van der Waals surface area contributed by atoms with Crippen LogP contribution in [0.15, 0.2) is 18.5 Å². The number of imidazole rings is 1. The largest absolute Gasteiger partial charge is 0.493 e. The summed E-state index contributed by atoms with van der Waals surface area (Å²) in [6, 6.07) is 0.980. The molecule has 2 saturated heterocycles. The number of methoxy groups -OCH3 is 1. The van der Waals surface area contributed by atoms with Gasteiger partial charge in [0.1, 0.15) is 17.6 Å². The van der Waals surface area contributed by atoms with Gasteiger partial charge >= 0.3 is 0 Å². The summed E-state index contributed by atoms with van der Waals surface area (Å²) in [7, 11) is -2.13. The molecule has 0 amide bonds. The second kappa shape index (κ2) is 8.33. The van der Waals surface area contributed by atoms with Crippen molar-refractivity contribution in [2.75, 3.05) is 42.1 Å². The highest BCUT2D eigenvalue weighted by Crippen LogP contribution is 2.33. The van der Waals surface area contributed by atoms with Crippen molar-refractivity contribution in [1.29, 1.82) is 0 Å². The molecule has 2 aliphatic rings. The molecule has 0 radical (unpaired) electrons. The van der Waals surface area contributed by atoms with E-state index in [9.17, 15) is 17.2 Å². The first-order valence-electron chi connectivity index (χ1n) is 10.4. The molecular formula is C19H22F2N8O3S. The Morgan fingerprint density at radius 1 is 1.30 bits per heavy atom. The van der Waals surface area contributed by atoms with Crippen molar-refractivity contribution in [1.82, 2.24) is 29.9 Å². The quantitative estimate of drug-likeness (QED) is 0.550. The van der Waals surface area contributed by atoms with Crippen molar-refractivity contribution in [2.45, 2.75) is 25.1 Å². The summed E-state index contributed by atoms with van der Waals surface area (Å²) in [6.07, 6.45) is 2.09. The molecule has 3 aromatic heterocycles. The number of hydrogen-bond acceptors (Lipinski definition) is 9. The number of anilines is 2. The standard InChI is InChI=1S/C19H22F2N8O3S/c1-32-15-7-16-23-10-14(29(16)27-18(15)28-5-2-6-33(28,30)31)17-12(21)8-24-19(26-17)25-13-9-22-4-3-11(13)20/h7-8,10-11,13,22H,2-6,9H2,1H3,(H,24,25,26)/t11-,13-/m0/s1. The maximum Gasteiger partial charge on any atom is 0.236 e. The predicted octanol–water partition coefficient (Wildman–Crippen LogP) is 0.986. The Kier molecular flexibility index (Phi) is 5.48. The summed E-state index contributed by atoms with van der Waals surface area (Å²) in [5.74, 6) is -0.339. The van der Waals surface area contributed by atoms with Gasteiger partial charge in [0.2, 0.25) is 21.8 Å². The molecule has 11 nitrogen and oxygen atoms in total. The number of sulfonamides is 1. The first kappa shape index (κ1) is 21.7. The van der Waals surface area contributed by atoms with Crippen LogP contribution in [0.3, 0.4) is 0 Å². The van der Waals surface area contributed by atoms with Crippen LogP contribution in [0.2, 0.25) is 0 Å². The Balaban J connectivity index is 1.57.